The highest BCUT2D eigenvalue weighted by Gasteiger charge is 2.35. The predicted octanol–water partition coefficient (Wildman–Crippen LogP) is 3.18. The van der Waals surface area contributed by atoms with Crippen molar-refractivity contribution in [2.45, 2.75) is 50.5 Å². The number of aromatic amines is 1. The number of carbonyl (C=O) groups is 1. The van der Waals surface area contributed by atoms with Crippen LogP contribution in [-0.2, 0) is 4.79 Å². The minimum Gasteiger partial charge on any atom is -0.493 e. The van der Waals surface area contributed by atoms with Gasteiger partial charge < -0.3 is 19.5 Å². The molecule has 1 amide bonds. The number of carbonyl (C=O) groups excluding carboxylic acids is 1. The summed E-state index contributed by atoms with van der Waals surface area (Å²) in [4.78, 5) is 25.5. The lowest BCUT2D eigenvalue weighted by Gasteiger charge is -2.28. The van der Waals surface area contributed by atoms with Crippen molar-refractivity contribution in [1.29, 1.82) is 0 Å². The first-order valence-electron chi connectivity index (χ1n) is 10.0. The standard InChI is InChI=1S/C21H27N3O5/c1-27-15-9-12(10-16(28-2)19(15)29-3)14-11-17(25)22-20-18(14)21(26)23-24(20)13-7-5-4-6-8-13/h9-10,13-14H,4-8,11H2,1-3H3,(H,22,25)(H,23,26). The summed E-state index contributed by atoms with van der Waals surface area (Å²) < 4.78 is 18.2. The smallest absolute Gasteiger partial charge is 0.270 e. The van der Waals surface area contributed by atoms with Crippen LogP contribution in [0.1, 0.15) is 61.6 Å². The van der Waals surface area contributed by atoms with E-state index in [9.17, 15) is 9.59 Å². The molecule has 8 heteroatoms. The molecule has 0 saturated heterocycles. The van der Waals surface area contributed by atoms with E-state index in [-0.39, 0.29) is 29.8 Å². The van der Waals surface area contributed by atoms with Crippen molar-refractivity contribution >= 4 is 11.7 Å². The quantitative estimate of drug-likeness (QED) is 0.802. The maximum Gasteiger partial charge on any atom is 0.270 e. The van der Waals surface area contributed by atoms with Crippen molar-refractivity contribution in [2.75, 3.05) is 26.6 Å². The van der Waals surface area contributed by atoms with E-state index in [0.717, 1.165) is 31.2 Å². The molecule has 156 valence electrons. The molecular weight excluding hydrogens is 374 g/mol. The summed E-state index contributed by atoms with van der Waals surface area (Å²) in [5.74, 6) is 1.57. The van der Waals surface area contributed by atoms with Crippen LogP contribution < -0.4 is 25.1 Å². The minimum atomic E-state index is -0.388. The number of methoxy groups -OCH3 is 3. The Kier molecular flexibility index (Phi) is 5.25. The molecular formula is C21H27N3O5. The van der Waals surface area contributed by atoms with Gasteiger partial charge in [-0.15, -0.1) is 0 Å². The van der Waals surface area contributed by atoms with Crippen molar-refractivity contribution in [3.63, 3.8) is 0 Å². The van der Waals surface area contributed by atoms with Gasteiger partial charge in [-0.3, -0.25) is 19.4 Å². The number of aromatic nitrogens is 2. The molecule has 8 nitrogen and oxygen atoms in total. The van der Waals surface area contributed by atoms with Gasteiger partial charge in [-0.05, 0) is 30.5 Å². The van der Waals surface area contributed by atoms with Gasteiger partial charge in [0.25, 0.3) is 5.56 Å². The molecule has 2 heterocycles. The molecule has 29 heavy (non-hydrogen) atoms. The normalized spacial score (nSPS) is 19.4. The highest BCUT2D eigenvalue weighted by Crippen LogP contribution is 2.44. The SMILES string of the molecule is COc1cc(C2CC(=O)Nc3c2c(=O)[nH]n3C2CCCCC2)cc(OC)c1OC. The molecule has 2 aliphatic rings. The maximum absolute atomic E-state index is 12.9. The molecule has 0 bridgehead atoms. The molecule has 1 aliphatic carbocycles. The van der Waals surface area contributed by atoms with E-state index < -0.39 is 0 Å². The Morgan fingerprint density at radius 3 is 2.21 bits per heavy atom. The highest BCUT2D eigenvalue weighted by molar-refractivity contribution is 5.94. The zero-order valence-electron chi connectivity index (χ0n) is 17.0. The summed E-state index contributed by atoms with van der Waals surface area (Å²) in [6, 6.07) is 3.83. The van der Waals surface area contributed by atoms with Crippen molar-refractivity contribution in [3.8, 4) is 17.2 Å². The third-order valence-electron chi connectivity index (χ3n) is 5.99. The lowest BCUT2D eigenvalue weighted by molar-refractivity contribution is -0.116. The number of nitrogens with one attached hydrogen (secondary N) is 2. The van der Waals surface area contributed by atoms with Gasteiger partial charge in [0.05, 0.1) is 32.9 Å². The zero-order chi connectivity index (χ0) is 20.5. The highest BCUT2D eigenvalue weighted by atomic mass is 16.5. The van der Waals surface area contributed by atoms with Gasteiger partial charge in [-0.1, -0.05) is 19.3 Å². The third kappa shape index (κ3) is 3.36. The monoisotopic (exact) mass is 401 g/mol. The maximum atomic E-state index is 12.9. The van der Waals surface area contributed by atoms with E-state index in [2.05, 4.69) is 10.4 Å². The molecule has 1 atom stereocenters. The van der Waals surface area contributed by atoms with Gasteiger partial charge in [-0.25, -0.2) is 0 Å². The molecule has 0 spiro atoms. The van der Waals surface area contributed by atoms with Gasteiger partial charge in [0.15, 0.2) is 11.5 Å². The Hall–Kier alpha value is -2.90. The first kappa shape index (κ1) is 19.4. The summed E-state index contributed by atoms with van der Waals surface area (Å²) in [7, 11) is 4.64. The number of ether oxygens (including phenoxy) is 3. The molecule has 2 N–H and O–H groups in total. The summed E-state index contributed by atoms with van der Waals surface area (Å²) in [5, 5.41) is 5.92. The third-order valence-corrected chi connectivity index (χ3v) is 5.99. The number of rotatable bonds is 5. The number of fused-ring (bicyclic) bond motifs is 1. The Labute approximate surface area is 169 Å². The summed E-state index contributed by atoms with van der Waals surface area (Å²) in [6.45, 7) is 0. The molecule has 4 rings (SSSR count). The average molecular weight is 401 g/mol. The second kappa shape index (κ2) is 7.85. The van der Waals surface area contributed by atoms with Gasteiger partial charge >= 0.3 is 0 Å². The summed E-state index contributed by atoms with van der Waals surface area (Å²) in [5.41, 5.74) is 1.20. The van der Waals surface area contributed by atoms with E-state index in [1.807, 2.05) is 16.8 Å². The second-order valence-electron chi connectivity index (χ2n) is 7.63. The largest absolute Gasteiger partial charge is 0.493 e. The van der Waals surface area contributed by atoms with Crippen LogP contribution in [0.15, 0.2) is 16.9 Å². The lowest BCUT2D eigenvalue weighted by Crippen LogP contribution is -2.27. The molecule has 1 aromatic heterocycles. The Balaban J connectivity index is 1.83. The zero-order valence-corrected chi connectivity index (χ0v) is 17.0. The topological polar surface area (TPSA) is 94.6 Å². The van der Waals surface area contributed by atoms with E-state index >= 15 is 0 Å². The number of hydrogen-bond donors (Lipinski definition) is 2. The van der Waals surface area contributed by atoms with Crippen molar-refractivity contribution in [2.24, 2.45) is 0 Å². The van der Waals surface area contributed by atoms with Crippen LogP contribution in [0.2, 0.25) is 0 Å². The van der Waals surface area contributed by atoms with E-state index in [0.29, 0.717) is 28.6 Å². The van der Waals surface area contributed by atoms with Crippen LogP contribution in [0.4, 0.5) is 5.82 Å². The fourth-order valence-corrected chi connectivity index (χ4v) is 4.58. The number of amides is 1. The fraction of sp³-hybridized carbons (Fsp3) is 0.524. The molecule has 1 saturated carbocycles. The molecule has 1 fully saturated rings. The molecule has 1 aliphatic heterocycles. The Bertz CT molecular complexity index is 946. The van der Waals surface area contributed by atoms with Gasteiger partial charge in [0.2, 0.25) is 11.7 Å². The van der Waals surface area contributed by atoms with Crippen molar-refractivity contribution in [3.05, 3.63) is 33.6 Å². The number of hydrogen-bond acceptors (Lipinski definition) is 5. The Morgan fingerprint density at radius 2 is 1.62 bits per heavy atom. The fourth-order valence-electron chi connectivity index (χ4n) is 4.58. The number of anilines is 1. The Morgan fingerprint density at radius 1 is 0.966 bits per heavy atom. The van der Waals surface area contributed by atoms with Crippen molar-refractivity contribution in [1.82, 2.24) is 9.78 Å². The minimum absolute atomic E-state index is 0.111. The summed E-state index contributed by atoms with van der Waals surface area (Å²) >= 11 is 0. The van der Waals surface area contributed by atoms with E-state index in [1.165, 1.54) is 6.42 Å². The molecule has 1 unspecified atom stereocenters. The van der Waals surface area contributed by atoms with Crippen LogP contribution in [-0.4, -0.2) is 37.0 Å². The predicted molar refractivity (Wildman–Crippen MR) is 108 cm³/mol. The van der Waals surface area contributed by atoms with Crippen LogP contribution in [0.25, 0.3) is 0 Å². The van der Waals surface area contributed by atoms with Crippen LogP contribution >= 0.6 is 0 Å². The lowest BCUT2D eigenvalue weighted by atomic mass is 9.86. The molecule has 2 aromatic rings. The second-order valence-corrected chi connectivity index (χ2v) is 7.63. The average Bonchev–Trinajstić information content (AvgIpc) is 3.08. The number of benzene rings is 1. The van der Waals surface area contributed by atoms with Gasteiger partial charge in [-0.2, -0.15) is 0 Å². The van der Waals surface area contributed by atoms with Gasteiger partial charge in [0, 0.05) is 12.3 Å². The van der Waals surface area contributed by atoms with Crippen LogP contribution in [0, 0.1) is 0 Å². The first-order chi connectivity index (χ1) is 14.1. The summed E-state index contributed by atoms with van der Waals surface area (Å²) in [6.07, 6.45) is 5.66. The molecule has 1 aromatic carbocycles. The van der Waals surface area contributed by atoms with Crippen molar-refractivity contribution < 1.29 is 19.0 Å². The van der Waals surface area contributed by atoms with Gasteiger partial charge in [0.1, 0.15) is 5.82 Å². The van der Waals surface area contributed by atoms with Crippen LogP contribution in [0.3, 0.4) is 0 Å². The molecule has 0 radical (unpaired) electrons. The number of H-pyrrole nitrogens is 1. The first-order valence-corrected chi connectivity index (χ1v) is 10.0. The van der Waals surface area contributed by atoms with E-state index in [1.54, 1.807) is 21.3 Å². The van der Waals surface area contributed by atoms with E-state index in [4.69, 9.17) is 14.2 Å². The number of nitrogens with zero attached hydrogens (tertiary/aromatic N) is 1. The van der Waals surface area contributed by atoms with Crippen LogP contribution in [0.5, 0.6) is 17.2 Å².